The summed E-state index contributed by atoms with van der Waals surface area (Å²) in [5.74, 6) is 0.157. The van der Waals surface area contributed by atoms with Crippen molar-refractivity contribution in [1.82, 2.24) is 15.1 Å². The van der Waals surface area contributed by atoms with Crippen LogP contribution in [0.15, 0.2) is 12.4 Å². The molecule has 0 aromatic carbocycles. The predicted molar refractivity (Wildman–Crippen MR) is 69.2 cm³/mol. The highest BCUT2D eigenvalue weighted by atomic mass is 16.1. The maximum absolute atomic E-state index is 11.9. The van der Waals surface area contributed by atoms with Gasteiger partial charge in [0.1, 0.15) is 0 Å². The van der Waals surface area contributed by atoms with Gasteiger partial charge in [0.15, 0.2) is 5.78 Å². The summed E-state index contributed by atoms with van der Waals surface area (Å²) in [4.78, 5) is 11.9. The highest BCUT2D eigenvalue weighted by Crippen LogP contribution is 2.04. The average Bonchev–Trinajstić information content (AvgIpc) is 2.65. The smallest absolute Gasteiger partial charge is 0.167 e. The molecule has 4 heteroatoms. The van der Waals surface area contributed by atoms with E-state index in [0.717, 1.165) is 13.0 Å². The number of aromatic nitrogens is 2. The van der Waals surface area contributed by atoms with Crippen molar-refractivity contribution in [2.45, 2.75) is 52.6 Å². The Morgan fingerprint density at radius 1 is 1.47 bits per heavy atom. The zero-order chi connectivity index (χ0) is 12.9. The van der Waals surface area contributed by atoms with Gasteiger partial charge in [0.25, 0.3) is 0 Å². The van der Waals surface area contributed by atoms with Crippen molar-refractivity contribution in [2.75, 3.05) is 6.54 Å². The van der Waals surface area contributed by atoms with E-state index < -0.39 is 0 Å². The molecule has 0 aliphatic rings. The number of ketones is 1. The highest BCUT2D eigenvalue weighted by Gasteiger charge is 2.12. The van der Waals surface area contributed by atoms with Crippen molar-refractivity contribution in [3.05, 3.63) is 18.0 Å². The van der Waals surface area contributed by atoms with E-state index in [1.807, 2.05) is 10.9 Å². The molecule has 1 N–H and O–H groups in total. The second-order valence-electron chi connectivity index (χ2n) is 5.34. The van der Waals surface area contributed by atoms with Gasteiger partial charge in [0.2, 0.25) is 0 Å². The number of nitrogens with zero attached hydrogens (tertiary/aromatic N) is 2. The van der Waals surface area contributed by atoms with E-state index >= 15 is 0 Å². The van der Waals surface area contributed by atoms with E-state index in [2.05, 4.69) is 38.1 Å². The minimum absolute atomic E-state index is 0.0622. The Hall–Kier alpha value is -1.16. The molecule has 17 heavy (non-hydrogen) atoms. The molecule has 1 aromatic rings. The number of aryl methyl sites for hydroxylation is 1. The molecule has 0 saturated carbocycles. The zero-order valence-electron chi connectivity index (χ0n) is 11.3. The van der Waals surface area contributed by atoms with E-state index in [1.165, 1.54) is 0 Å². The lowest BCUT2D eigenvalue weighted by atomic mass is 10.1. The summed E-state index contributed by atoms with van der Waals surface area (Å²) < 4.78 is 1.82. The van der Waals surface area contributed by atoms with Gasteiger partial charge in [0, 0.05) is 31.2 Å². The van der Waals surface area contributed by atoms with E-state index in [4.69, 9.17) is 0 Å². The number of Topliss-reactive ketones (excluding diaryl/α,β-unsaturated/α-hetero) is 1. The largest absolute Gasteiger partial charge is 0.312 e. The van der Waals surface area contributed by atoms with Crippen molar-refractivity contribution >= 4 is 5.78 Å². The van der Waals surface area contributed by atoms with Gasteiger partial charge in [0.05, 0.1) is 11.8 Å². The van der Waals surface area contributed by atoms with E-state index in [9.17, 15) is 4.79 Å². The number of carbonyl (C=O) groups is 1. The van der Waals surface area contributed by atoms with Crippen molar-refractivity contribution < 1.29 is 4.79 Å². The van der Waals surface area contributed by atoms with Gasteiger partial charge < -0.3 is 5.32 Å². The van der Waals surface area contributed by atoms with E-state index in [1.54, 1.807) is 6.20 Å². The summed E-state index contributed by atoms with van der Waals surface area (Å²) in [5.41, 5.74) is 0.779. The van der Waals surface area contributed by atoms with Gasteiger partial charge in [-0.3, -0.25) is 9.48 Å². The van der Waals surface area contributed by atoms with Gasteiger partial charge >= 0.3 is 0 Å². The molecule has 1 heterocycles. The maximum Gasteiger partial charge on any atom is 0.167 e. The molecule has 4 nitrogen and oxygen atoms in total. The van der Waals surface area contributed by atoms with Crippen LogP contribution in [0.4, 0.5) is 0 Å². The van der Waals surface area contributed by atoms with Crippen LogP contribution in [-0.4, -0.2) is 27.6 Å². The summed E-state index contributed by atoms with van der Waals surface area (Å²) in [5, 5.41) is 7.47. The molecule has 0 aliphatic heterocycles. The summed E-state index contributed by atoms with van der Waals surface area (Å²) >= 11 is 0. The molecule has 1 rings (SSSR count). The summed E-state index contributed by atoms with van der Waals surface area (Å²) in [6.45, 7) is 9.95. The fourth-order valence-corrected chi connectivity index (χ4v) is 1.55. The summed E-state index contributed by atoms with van der Waals surface area (Å²) in [7, 11) is 0. The molecule has 0 spiro atoms. The third kappa shape index (κ3) is 5.13. The third-order valence-electron chi connectivity index (χ3n) is 2.42. The van der Waals surface area contributed by atoms with Crippen LogP contribution in [0, 0.1) is 0 Å². The monoisotopic (exact) mass is 237 g/mol. The Morgan fingerprint density at radius 2 is 2.18 bits per heavy atom. The van der Waals surface area contributed by atoms with Crippen molar-refractivity contribution in [3.63, 3.8) is 0 Å². The molecule has 0 atom stereocenters. The first kappa shape index (κ1) is 13.9. The van der Waals surface area contributed by atoms with Gasteiger partial charge in [-0.1, -0.05) is 6.92 Å². The van der Waals surface area contributed by atoms with Crippen LogP contribution in [0.3, 0.4) is 0 Å². The lowest BCUT2D eigenvalue weighted by molar-refractivity contribution is 0.0980. The second kappa shape index (κ2) is 5.96. The third-order valence-corrected chi connectivity index (χ3v) is 2.42. The molecule has 1 aromatic heterocycles. The average molecular weight is 237 g/mol. The van der Waals surface area contributed by atoms with Crippen LogP contribution in [-0.2, 0) is 6.54 Å². The van der Waals surface area contributed by atoms with Crippen LogP contribution >= 0.6 is 0 Å². The molecular weight excluding hydrogens is 214 g/mol. The number of rotatable bonds is 6. The number of hydrogen-bond donors (Lipinski definition) is 1. The lowest BCUT2D eigenvalue weighted by Crippen LogP contribution is -2.37. The van der Waals surface area contributed by atoms with Crippen LogP contribution in [0.5, 0.6) is 0 Å². The molecule has 0 saturated heterocycles. The first-order valence-electron chi connectivity index (χ1n) is 6.23. The molecule has 0 unspecified atom stereocenters. The molecule has 0 bridgehead atoms. The van der Waals surface area contributed by atoms with E-state index in [-0.39, 0.29) is 11.3 Å². The molecule has 0 aliphatic carbocycles. The predicted octanol–water partition coefficient (Wildman–Crippen LogP) is 2.25. The standard InChI is InChI=1S/C13H23N3O/c1-5-8-16-10-11(9-15-16)12(17)6-7-14-13(2,3)4/h9-10,14H,5-8H2,1-4H3. The second-order valence-corrected chi connectivity index (χ2v) is 5.34. The topological polar surface area (TPSA) is 46.9 Å². The SMILES string of the molecule is CCCn1cc(C(=O)CCNC(C)(C)C)cn1. The lowest BCUT2D eigenvalue weighted by Gasteiger charge is -2.19. The van der Waals surface area contributed by atoms with E-state index in [0.29, 0.717) is 18.5 Å². The first-order valence-corrected chi connectivity index (χ1v) is 6.23. The maximum atomic E-state index is 11.9. The number of hydrogen-bond acceptors (Lipinski definition) is 3. The Bertz CT molecular complexity index is 363. The van der Waals surface area contributed by atoms with Crippen LogP contribution in [0.1, 0.15) is 50.9 Å². The Kier molecular flexibility index (Phi) is 4.87. The molecule has 0 amide bonds. The Morgan fingerprint density at radius 3 is 2.76 bits per heavy atom. The van der Waals surface area contributed by atoms with Crippen LogP contribution < -0.4 is 5.32 Å². The number of carbonyl (C=O) groups excluding carboxylic acids is 1. The molecular formula is C13H23N3O. The van der Waals surface area contributed by atoms with Gasteiger partial charge in [-0.05, 0) is 27.2 Å². The fraction of sp³-hybridized carbons (Fsp3) is 0.692. The first-order chi connectivity index (χ1) is 7.92. The summed E-state index contributed by atoms with van der Waals surface area (Å²) in [6, 6.07) is 0. The van der Waals surface area contributed by atoms with Gasteiger partial charge in [-0.2, -0.15) is 5.10 Å². The van der Waals surface area contributed by atoms with Crippen molar-refractivity contribution in [2.24, 2.45) is 0 Å². The van der Waals surface area contributed by atoms with Gasteiger partial charge in [-0.25, -0.2) is 0 Å². The van der Waals surface area contributed by atoms with Crippen LogP contribution in [0.25, 0.3) is 0 Å². The normalized spacial score (nSPS) is 11.8. The van der Waals surface area contributed by atoms with Crippen molar-refractivity contribution in [1.29, 1.82) is 0 Å². The molecule has 96 valence electrons. The number of nitrogens with one attached hydrogen (secondary N) is 1. The Labute approximate surface area is 103 Å². The molecule has 0 fully saturated rings. The quantitative estimate of drug-likeness (QED) is 0.772. The molecule has 0 radical (unpaired) electrons. The summed E-state index contributed by atoms with van der Waals surface area (Å²) in [6.07, 6.45) is 5.05. The highest BCUT2D eigenvalue weighted by molar-refractivity contribution is 5.95. The minimum Gasteiger partial charge on any atom is -0.312 e. The minimum atomic E-state index is 0.0622. The van der Waals surface area contributed by atoms with Crippen LogP contribution in [0.2, 0.25) is 0 Å². The zero-order valence-corrected chi connectivity index (χ0v) is 11.3. The fourth-order valence-electron chi connectivity index (χ4n) is 1.55. The Balaban J connectivity index is 2.41. The van der Waals surface area contributed by atoms with Crippen molar-refractivity contribution in [3.8, 4) is 0 Å². The van der Waals surface area contributed by atoms with Gasteiger partial charge in [-0.15, -0.1) is 0 Å².